The van der Waals surface area contributed by atoms with E-state index >= 15 is 0 Å². The van der Waals surface area contributed by atoms with Crippen LogP contribution in [-0.2, 0) is 9.59 Å². The Kier molecular flexibility index (Phi) is 14.1. The fourth-order valence-electron chi connectivity index (χ4n) is 5.86. The van der Waals surface area contributed by atoms with Gasteiger partial charge in [0.15, 0.2) is 11.6 Å². The van der Waals surface area contributed by atoms with Crippen LogP contribution in [0, 0.1) is 0 Å². The fourth-order valence-corrected chi connectivity index (χ4v) is 10.5. The first-order valence-electron chi connectivity index (χ1n) is 15.1. The van der Waals surface area contributed by atoms with E-state index < -0.39 is 7.26 Å². The van der Waals surface area contributed by atoms with Crippen LogP contribution in [-0.4, -0.2) is 17.7 Å². The highest BCUT2D eigenvalue weighted by molar-refractivity contribution is 7.87. The van der Waals surface area contributed by atoms with E-state index in [-0.39, 0.29) is 11.6 Å². The lowest BCUT2D eigenvalue weighted by molar-refractivity contribution is -0.116. The Morgan fingerprint density at radius 1 is 0.872 bits per heavy atom. The van der Waals surface area contributed by atoms with Crippen molar-refractivity contribution in [2.24, 2.45) is 0 Å². The van der Waals surface area contributed by atoms with Crippen LogP contribution < -0.4 is 0 Å². The maximum atomic E-state index is 12.6. The Labute approximate surface area is 239 Å². The SMILES string of the molecule is C=C/C=C(\C=C/C)[P+](CCCCCCCCCCC1=C(C)C(=O)C(C)=C(C)C1=O)(C1=CCCC=C1)/C(C)=C/C. The normalized spacial score (nSPS) is 18.8. The van der Waals surface area contributed by atoms with Gasteiger partial charge in [0, 0.05) is 22.3 Å². The van der Waals surface area contributed by atoms with Gasteiger partial charge in [-0.3, -0.25) is 9.59 Å². The summed E-state index contributed by atoms with van der Waals surface area (Å²) in [7, 11) is -1.63. The molecule has 0 aliphatic heterocycles. The molecule has 0 spiro atoms. The van der Waals surface area contributed by atoms with E-state index in [2.05, 4.69) is 69.9 Å². The second kappa shape index (κ2) is 16.7. The minimum absolute atomic E-state index is 0.0480. The number of allylic oxidation sites excluding steroid dienone is 15. The summed E-state index contributed by atoms with van der Waals surface area (Å²) in [6, 6.07) is 0. The first-order chi connectivity index (χ1) is 18.8. The third kappa shape index (κ3) is 8.34. The summed E-state index contributed by atoms with van der Waals surface area (Å²) in [5.74, 6) is 0.128. The summed E-state index contributed by atoms with van der Waals surface area (Å²) < 4.78 is 0. The maximum absolute atomic E-state index is 12.6. The average molecular weight is 548 g/mol. The Bertz CT molecular complexity index is 1120. The molecule has 2 nitrogen and oxygen atoms in total. The number of ketones is 2. The molecule has 2 rings (SSSR count). The molecule has 0 N–H and O–H groups in total. The van der Waals surface area contributed by atoms with Crippen LogP contribution in [0.2, 0.25) is 0 Å². The second-order valence-corrected chi connectivity index (χ2v) is 14.8. The molecule has 0 saturated heterocycles. The van der Waals surface area contributed by atoms with Crippen molar-refractivity contribution in [3.05, 3.63) is 93.4 Å². The highest BCUT2D eigenvalue weighted by Crippen LogP contribution is 2.78. The van der Waals surface area contributed by atoms with Crippen LogP contribution in [0.5, 0.6) is 0 Å². The predicted molar refractivity (Wildman–Crippen MR) is 173 cm³/mol. The quantitative estimate of drug-likeness (QED) is 0.0833. The highest BCUT2D eigenvalue weighted by atomic mass is 31.2. The van der Waals surface area contributed by atoms with E-state index in [9.17, 15) is 9.59 Å². The van der Waals surface area contributed by atoms with Gasteiger partial charge in [-0.1, -0.05) is 56.9 Å². The highest BCUT2D eigenvalue weighted by Gasteiger charge is 2.46. The summed E-state index contributed by atoms with van der Waals surface area (Å²) in [6.07, 6.45) is 32.1. The molecule has 1 atom stereocenters. The number of hydrogen-bond donors (Lipinski definition) is 0. The minimum atomic E-state index is -1.63. The van der Waals surface area contributed by atoms with Gasteiger partial charge in [0.25, 0.3) is 0 Å². The van der Waals surface area contributed by atoms with Crippen LogP contribution in [0.3, 0.4) is 0 Å². The van der Waals surface area contributed by atoms with Crippen molar-refractivity contribution in [2.45, 2.75) is 112 Å². The zero-order valence-electron chi connectivity index (χ0n) is 25.6. The third-order valence-corrected chi connectivity index (χ3v) is 13.3. The number of unbranched alkanes of at least 4 members (excludes halogenated alkanes) is 7. The molecular weight excluding hydrogens is 495 g/mol. The van der Waals surface area contributed by atoms with Gasteiger partial charge in [-0.05, 0) is 110 Å². The molecule has 2 aliphatic carbocycles. The lowest BCUT2D eigenvalue weighted by Gasteiger charge is -2.30. The summed E-state index contributed by atoms with van der Waals surface area (Å²) in [5.41, 5.74) is 2.65. The molecule has 0 heterocycles. The van der Waals surface area contributed by atoms with E-state index in [0.29, 0.717) is 16.7 Å². The Hall–Kier alpha value is -2.31. The van der Waals surface area contributed by atoms with Crippen LogP contribution >= 0.6 is 7.26 Å². The van der Waals surface area contributed by atoms with Crippen molar-refractivity contribution in [2.75, 3.05) is 6.16 Å². The van der Waals surface area contributed by atoms with Crippen molar-refractivity contribution in [1.82, 2.24) is 0 Å². The molecule has 0 bridgehead atoms. The van der Waals surface area contributed by atoms with Gasteiger partial charge in [0.1, 0.15) is 12.6 Å². The van der Waals surface area contributed by atoms with Gasteiger partial charge in [0.05, 0.1) is 16.8 Å². The summed E-state index contributed by atoms with van der Waals surface area (Å²) in [4.78, 5) is 25.0. The predicted octanol–water partition coefficient (Wildman–Crippen LogP) is 11.1. The zero-order valence-corrected chi connectivity index (χ0v) is 26.5. The molecule has 39 heavy (non-hydrogen) atoms. The molecule has 0 aromatic heterocycles. The van der Waals surface area contributed by atoms with Crippen molar-refractivity contribution < 1.29 is 9.59 Å². The van der Waals surface area contributed by atoms with Crippen LogP contribution in [0.25, 0.3) is 0 Å². The summed E-state index contributed by atoms with van der Waals surface area (Å²) in [5, 5.41) is 4.51. The molecule has 0 amide bonds. The molecule has 1 unspecified atom stereocenters. The van der Waals surface area contributed by atoms with Crippen molar-refractivity contribution >= 4 is 18.8 Å². The molecule has 0 fully saturated rings. The van der Waals surface area contributed by atoms with Crippen LogP contribution in [0.15, 0.2) is 93.4 Å². The number of rotatable bonds is 16. The molecule has 0 saturated carbocycles. The Balaban J connectivity index is 1.86. The van der Waals surface area contributed by atoms with Crippen LogP contribution in [0.1, 0.15) is 112 Å². The van der Waals surface area contributed by atoms with E-state index in [0.717, 1.165) is 37.7 Å². The number of carbonyl (C=O) groups is 2. The topological polar surface area (TPSA) is 34.1 Å². The van der Waals surface area contributed by atoms with Gasteiger partial charge >= 0.3 is 0 Å². The molecule has 2 aliphatic rings. The summed E-state index contributed by atoms with van der Waals surface area (Å²) in [6.45, 7) is 16.0. The monoisotopic (exact) mass is 547 g/mol. The summed E-state index contributed by atoms with van der Waals surface area (Å²) >= 11 is 0. The zero-order chi connectivity index (χ0) is 28.8. The minimum Gasteiger partial charge on any atom is -0.289 e. The second-order valence-electron chi connectivity index (χ2n) is 11.0. The standard InChI is InChI=1S/C36H52O2P/c1-8-22-32(23-9-2)39(28(4)10-3,33-24-18-17-19-25-33)27-21-16-14-12-11-13-15-20-26-34-31(7)35(37)29(5)30(6)36(34)38/h8-10,18,22-25H,1,11-17,19-21,26-27H2,2-7H3/q+1/b23-9-,28-10+,32-22+. The van der Waals surface area contributed by atoms with E-state index in [4.69, 9.17) is 0 Å². The molecular formula is C36H52O2P+. The number of hydrogen-bond acceptors (Lipinski definition) is 2. The van der Waals surface area contributed by atoms with Gasteiger partial charge in [-0.15, -0.1) is 0 Å². The maximum Gasteiger partial charge on any atom is 0.185 e. The first-order valence-corrected chi connectivity index (χ1v) is 17.0. The molecule has 0 aromatic carbocycles. The fraction of sp³-hybridized carbons (Fsp3) is 0.500. The average Bonchev–Trinajstić information content (AvgIpc) is 2.95. The molecule has 0 aromatic rings. The van der Waals surface area contributed by atoms with Gasteiger partial charge < -0.3 is 0 Å². The third-order valence-electron chi connectivity index (χ3n) is 8.48. The number of carbonyl (C=O) groups excluding carboxylic acids is 2. The van der Waals surface area contributed by atoms with Crippen LogP contribution in [0.4, 0.5) is 0 Å². The Morgan fingerprint density at radius 2 is 1.49 bits per heavy atom. The van der Waals surface area contributed by atoms with Gasteiger partial charge in [-0.2, -0.15) is 0 Å². The Morgan fingerprint density at radius 3 is 2.05 bits per heavy atom. The van der Waals surface area contributed by atoms with E-state index in [1.54, 1.807) is 19.2 Å². The smallest absolute Gasteiger partial charge is 0.185 e. The number of Topliss-reactive ketones (excluding diaryl/α,β-unsaturated/α-hetero) is 2. The largest absolute Gasteiger partial charge is 0.289 e. The van der Waals surface area contributed by atoms with Gasteiger partial charge in [-0.25, -0.2) is 0 Å². The van der Waals surface area contributed by atoms with Crippen molar-refractivity contribution in [1.29, 1.82) is 0 Å². The van der Waals surface area contributed by atoms with E-state index in [1.165, 1.54) is 55.3 Å². The lowest BCUT2D eigenvalue weighted by Crippen LogP contribution is -2.20. The van der Waals surface area contributed by atoms with Crippen molar-refractivity contribution in [3.8, 4) is 0 Å². The molecule has 0 radical (unpaired) electrons. The lowest BCUT2D eigenvalue weighted by atomic mass is 9.84. The van der Waals surface area contributed by atoms with E-state index in [1.807, 2.05) is 13.0 Å². The first kappa shape index (κ1) is 32.9. The van der Waals surface area contributed by atoms with Crippen molar-refractivity contribution in [3.63, 3.8) is 0 Å². The molecule has 3 heteroatoms. The van der Waals surface area contributed by atoms with Gasteiger partial charge in [0.2, 0.25) is 0 Å². The molecule has 212 valence electrons.